The van der Waals surface area contributed by atoms with Crippen LogP contribution in [0.25, 0.3) is 6.08 Å². The molecule has 1 heterocycles. The number of methoxy groups -OCH3 is 2. The van der Waals surface area contributed by atoms with E-state index >= 15 is 0 Å². The summed E-state index contributed by atoms with van der Waals surface area (Å²) >= 11 is 6.17. The van der Waals surface area contributed by atoms with Crippen LogP contribution in [0.3, 0.4) is 0 Å². The number of aryl methyl sites for hydroxylation is 1. The zero-order valence-electron chi connectivity index (χ0n) is 17.8. The number of ether oxygens (including phenoxy) is 3. The predicted molar refractivity (Wildman–Crippen MR) is 122 cm³/mol. The maximum Gasteiger partial charge on any atom is 0.331 e. The molecule has 0 amide bonds. The molecule has 0 atom stereocenters. The molecule has 0 spiro atoms. The van der Waals surface area contributed by atoms with Gasteiger partial charge >= 0.3 is 5.97 Å². The van der Waals surface area contributed by atoms with E-state index in [-0.39, 0.29) is 24.3 Å². The first-order chi connectivity index (χ1) is 15.4. The van der Waals surface area contributed by atoms with Gasteiger partial charge in [-0.2, -0.15) is 15.0 Å². The Bertz CT molecular complexity index is 1140. The Hall–Kier alpha value is -3.85. The lowest BCUT2D eigenvalue weighted by Crippen LogP contribution is -2.10. The number of rotatable bonds is 8. The molecule has 1 aromatic heterocycles. The summed E-state index contributed by atoms with van der Waals surface area (Å²) in [6.07, 6.45) is 2.80. The minimum Gasteiger partial charge on any atom is -0.493 e. The second-order valence-electron chi connectivity index (χ2n) is 6.60. The average Bonchev–Trinajstić information content (AvgIpc) is 2.77. The van der Waals surface area contributed by atoms with Crippen molar-refractivity contribution in [2.24, 2.45) is 0 Å². The van der Waals surface area contributed by atoms with Gasteiger partial charge in [-0.1, -0.05) is 29.3 Å². The summed E-state index contributed by atoms with van der Waals surface area (Å²) in [7, 11) is 2.99. The number of nitrogen functional groups attached to an aromatic ring is 1. The molecule has 0 saturated carbocycles. The normalized spacial score (nSPS) is 10.8. The van der Waals surface area contributed by atoms with Gasteiger partial charge in [0.05, 0.1) is 19.2 Å². The third-order valence-electron chi connectivity index (χ3n) is 4.22. The number of esters is 1. The smallest absolute Gasteiger partial charge is 0.331 e. The third-order valence-corrected chi connectivity index (χ3v) is 4.50. The Morgan fingerprint density at radius 3 is 2.56 bits per heavy atom. The van der Waals surface area contributed by atoms with E-state index in [9.17, 15) is 4.79 Å². The molecule has 0 saturated heterocycles. The van der Waals surface area contributed by atoms with Crippen LogP contribution in [-0.4, -0.2) is 35.1 Å². The number of carbonyl (C=O) groups is 1. The van der Waals surface area contributed by atoms with Crippen LogP contribution in [0.4, 0.5) is 17.6 Å². The molecular weight excluding hydrogens is 434 g/mol. The standard InChI is InChI=1S/C22H22ClN5O4/c1-13-4-7-15(8-5-13)25-22-27-18(26-21(24)28-22)12-32-19(29)9-6-14-10-16(23)20(31-3)17(11-14)30-2/h4-11H,12H2,1-3H3,(H3,24,25,26,27,28)/b9-6+. The lowest BCUT2D eigenvalue weighted by Gasteiger charge is -2.10. The van der Waals surface area contributed by atoms with E-state index in [4.69, 9.17) is 31.5 Å². The van der Waals surface area contributed by atoms with Gasteiger partial charge in [-0.3, -0.25) is 0 Å². The number of hydrogen-bond donors (Lipinski definition) is 2. The first kappa shape index (κ1) is 22.8. The summed E-state index contributed by atoms with van der Waals surface area (Å²) in [6.45, 7) is 1.82. The lowest BCUT2D eigenvalue weighted by molar-refractivity contribution is -0.139. The molecule has 3 aromatic rings. The quantitative estimate of drug-likeness (QED) is 0.384. The van der Waals surface area contributed by atoms with Crippen molar-refractivity contribution in [1.82, 2.24) is 15.0 Å². The van der Waals surface area contributed by atoms with Gasteiger partial charge in [0.2, 0.25) is 11.9 Å². The Morgan fingerprint density at radius 1 is 1.12 bits per heavy atom. The van der Waals surface area contributed by atoms with Crippen molar-refractivity contribution < 1.29 is 19.0 Å². The van der Waals surface area contributed by atoms with Crippen LogP contribution in [0.5, 0.6) is 11.5 Å². The lowest BCUT2D eigenvalue weighted by atomic mass is 10.2. The van der Waals surface area contributed by atoms with Crippen molar-refractivity contribution in [1.29, 1.82) is 0 Å². The molecule has 0 aliphatic rings. The van der Waals surface area contributed by atoms with E-state index in [1.807, 2.05) is 31.2 Å². The number of nitrogens with zero attached hydrogens (tertiary/aromatic N) is 3. The number of halogens is 1. The molecule has 166 valence electrons. The van der Waals surface area contributed by atoms with Gasteiger partial charge in [-0.25, -0.2) is 4.79 Å². The Kier molecular flexibility index (Phi) is 7.45. The number of hydrogen-bond acceptors (Lipinski definition) is 9. The summed E-state index contributed by atoms with van der Waals surface area (Å²) in [4.78, 5) is 24.4. The monoisotopic (exact) mass is 455 g/mol. The van der Waals surface area contributed by atoms with Gasteiger partial charge in [0.15, 0.2) is 23.9 Å². The summed E-state index contributed by atoms with van der Waals surface area (Å²) in [5.74, 6) is 0.740. The van der Waals surface area contributed by atoms with Gasteiger partial charge in [-0.15, -0.1) is 0 Å². The van der Waals surface area contributed by atoms with Crippen molar-refractivity contribution in [2.45, 2.75) is 13.5 Å². The van der Waals surface area contributed by atoms with Gasteiger partial charge in [0, 0.05) is 11.8 Å². The predicted octanol–water partition coefficient (Wildman–Crippen LogP) is 3.93. The SMILES string of the molecule is COc1cc(/C=C/C(=O)OCc2nc(N)nc(Nc3ccc(C)cc3)n2)cc(Cl)c1OC. The van der Waals surface area contributed by atoms with Crippen LogP contribution in [0.15, 0.2) is 42.5 Å². The molecule has 0 fully saturated rings. The minimum atomic E-state index is -0.595. The first-order valence-electron chi connectivity index (χ1n) is 9.48. The molecular formula is C22H22ClN5O4. The number of benzene rings is 2. The third kappa shape index (κ3) is 6.08. The molecule has 0 aliphatic carbocycles. The van der Waals surface area contributed by atoms with Crippen LogP contribution < -0.4 is 20.5 Å². The van der Waals surface area contributed by atoms with Crippen LogP contribution in [0.1, 0.15) is 17.0 Å². The fourth-order valence-electron chi connectivity index (χ4n) is 2.71. The number of aromatic nitrogens is 3. The van der Waals surface area contributed by atoms with E-state index in [1.165, 1.54) is 20.3 Å². The van der Waals surface area contributed by atoms with Crippen molar-refractivity contribution in [2.75, 3.05) is 25.3 Å². The number of nitrogens with two attached hydrogens (primary N) is 1. The van der Waals surface area contributed by atoms with Crippen LogP contribution in [0, 0.1) is 6.92 Å². The Labute approximate surface area is 190 Å². The van der Waals surface area contributed by atoms with Crippen LogP contribution >= 0.6 is 11.6 Å². The Morgan fingerprint density at radius 2 is 1.88 bits per heavy atom. The van der Waals surface area contributed by atoms with Crippen molar-refractivity contribution >= 4 is 41.2 Å². The van der Waals surface area contributed by atoms with E-state index in [2.05, 4.69) is 20.3 Å². The second-order valence-corrected chi connectivity index (χ2v) is 7.01. The summed E-state index contributed by atoms with van der Waals surface area (Å²) in [5, 5.41) is 3.40. The minimum absolute atomic E-state index is 0.0103. The molecule has 3 N–H and O–H groups in total. The topological polar surface area (TPSA) is 121 Å². The maximum atomic E-state index is 12.1. The van der Waals surface area contributed by atoms with Gasteiger partial charge in [0.25, 0.3) is 0 Å². The number of anilines is 3. The van der Waals surface area contributed by atoms with Gasteiger partial charge in [0.1, 0.15) is 0 Å². The number of carbonyl (C=O) groups excluding carboxylic acids is 1. The zero-order chi connectivity index (χ0) is 23.1. The largest absolute Gasteiger partial charge is 0.493 e. The van der Waals surface area contributed by atoms with Crippen LogP contribution in [0.2, 0.25) is 5.02 Å². The highest BCUT2D eigenvalue weighted by Crippen LogP contribution is 2.36. The highest BCUT2D eigenvalue weighted by atomic mass is 35.5. The Balaban J connectivity index is 1.64. The van der Waals surface area contributed by atoms with Gasteiger partial charge < -0.3 is 25.3 Å². The molecule has 9 nitrogen and oxygen atoms in total. The maximum absolute atomic E-state index is 12.1. The summed E-state index contributed by atoms with van der Waals surface area (Å²) in [6, 6.07) is 11.0. The highest BCUT2D eigenvalue weighted by molar-refractivity contribution is 6.32. The zero-order valence-corrected chi connectivity index (χ0v) is 18.5. The average molecular weight is 456 g/mol. The second kappa shape index (κ2) is 10.5. The molecule has 2 aromatic carbocycles. The van der Waals surface area contributed by atoms with E-state index in [0.717, 1.165) is 11.3 Å². The molecule has 3 rings (SSSR count). The van der Waals surface area contributed by atoms with Crippen molar-refractivity contribution in [3.05, 3.63) is 64.4 Å². The van der Waals surface area contributed by atoms with Crippen molar-refractivity contribution in [3.8, 4) is 11.5 Å². The molecule has 0 unspecified atom stereocenters. The van der Waals surface area contributed by atoms with E-state index in [1.54, 1.807) is 18.2 Å². The molecule has 32 heavy (non-hydrogen) atoms. The highest BCUT2D eigenvalue weighted by Gasteiger charge is 2.11. The molecule has 0 bridgehead atoms. The fraction of sp³-hybridized carbons (Fsp3) is 0.182. The molecule has 0 radical (unpaired) electrons. The summed E-state index contributed by atoms with van der Waals surface area (Å²) < 4.78 is 15.6. The molecule has 0 aliphatic heterocycles. The summed E-state index contributed by atoms with van der Waals surface area (Å²) in [5.41, 5.74) is 8.31. The van der Waals surface area contributed by atoms with Crippen molar-refractivity contribution in [3.63, 3.8) is 0 Å². The number of nitrogens with one attached hydrogen (secondary N) is 1. The molecule has 10 heteroatoms. The van der Waals surface area contributed by atoms with E-state index in [0.29, 0.717) is 22.1 Å². The van der Waals surface area contributed by atoms with E-state index < -0.39 is 5.97 Å². The van der Waals surface area contributed by atoms with Crippen LogP contribution in [-0.2, 0) is 16.1 Å². The first-order valence-corrected chi connectivity index (χ1v) is 9.86. The van der Waals surface area contributed by atoms with Gasteiger partial charge in [-0.05, 0) is 42.8 Å². The fourth-order valence-corrected chi connectivity index (χ4v) is 3.00.